The van der Waals surface area contributed by atoms with Crippen LogP contribution in [0, 0.1) is 19.7 Å². The smallest absolute Gasteiger partial charge is 0.261 e. The minimum atomic E-state index is -0.485. The van der Waals surface area contributed by atoms with Gasteiger partial charge in [-0.2, -0.15) is 5.10 Å². The number of rotatable bonds is 8. The Balaban J connectivity index is 1.44. The molecule has 2 unspecified atom stereocenters. The summed E-state index contributed by atoms with van der Waals surface area (Å²) in [6.07, 6.45) is 1.26. The summed E-state index contributed by atoms with van der Waals surface area (Å²) in [7, 11) is 1.62. The van der Waals surface area contributed by atoms with E-state index in [2.05, 4.69) is 10.4 Å². The lowest BCUT2D eigenvalue weighted by molar-refractivity contribution is 0.0886. The van der Waals surface area contributed by atoms with Crippen molar-refractivity contribution in [2.75, 3.05) is 7.11 Å². The van der Waals surface area contributed by atoms with E-state index in [4.69, 9.17) is 9.47 Å². The van der Waals surface area contributed by atoms with Gasteiger partial charge in [0.25, 0.3) is 5.91 Å². The van der Waals surface area contributed by atoms with E-state index in [-0.39, 0.29) is 17.8 Å². The van der Waals surface area contributed by atoms with E-state index in [1.54, 1.807) is 30.1 Å². The van der Waals surface area contributed by atoms with Gasteiger partial charge in [-0.25, -0.2) is 9.07 Å². The van der Waals surface area contributed by atoms with Crippen LogP contribution >= 0.6 is 11.3 Å². The van der Waals surface area contributed by atoms with Crippen molar-refractivity contribution < 1.29 is 18.7 Å². The molecule has 0 saturated carbocycles. The molecule has 194 valence electrons. The number of nitrogens with one attached hydrogen (secondary N) is 1. The van der Waals surface area contributed by atoms with Crippen LogP contribution in [0.3, 0.4) is 0 Å². The Hall–Kier alpha value is -4.17. The molecule has 0 aliphatic rings. The third-order valence-electron chi connectivity index (χ3n) is 6.50. The van der Waals surface area contributed by atoms with Gasteiger partial charge in [0.2, 0.25) is 0 Å². The predicted octanol–water partition coefficient (Wildman–Crippen LogP) is 6.79. The molecule has 38 heavy (non-hydrogen) atoms. The fourth-order valence-electron chi connectivity index (χ4n) is 4.33. The molecule has 0 spiro atoms. The Labute approximate surface area is 224 Å². The molecule has 0 radical (unpaired) electrons. The normalized spacial score (nSPS) is 12.8. The minimum Gasteiger partial charge on any atom is -0.497 e. The van der Waals surface area contributed by atoms with Gasteiger partial charge < -0.3 is 14.8 Å². The molecule has 3 aromatic carbocycles. The van der Waals surface area contributed by atoms with Crippen LogP contribution in [-0.4, -0.2) is 28.8 Å². The number of hydrogen-bond donors (Lipinski definition) is 1. The zero-order chi connectivity index (χ0) is 26.8. The lowest BCUT2D eigenvalue weighted by atomic mass is 10.0. The van der Waals surface area contributed by atoms with Gasteiger partial charge in [0.1, 0.15) is 23.4 Å². The minimum absolute atomic E-state index is 0.133. The monoisotopic (exact) mass is 529 g/mol. The molecule has 8 heteroatoms. The largest absolute Gasteiger partial charge is 0.497 e. The Kier molecular flexibility index (Phi) is 7.15. The second-order valence-electron chi connectivity index (χ2n) is 9.18. The number of fused-ring (bicyclic) bond motifs is 1. The van der Waals surface area contributed by atoms with Crippen molar-refractivity contribution in [2.24, 2.45) is 0 Å². The molecule has 0 aliphatic carbocycles. The number of halogens is 1. The highest BCUT2D eigenvalue weighted by Crippen LogP contribution is 2.31. The van der Waals surface area contributed by atoms with E-state index in [1.165, 1.54) is 23.5 Å². The molecule has 5 rings (SSSR count). The number of methoxy groups -OCH3 is 1. The number of amides is 1. The highest BCUT2D eigenvalue weighted by atomic mass is 32.1. The molecular formula is C30H28FN3O3S. The van der Waals surface area contributed by atoms with E-state index in [9.17, 15) is 9.18 Å². The van der Waals surface area contributed by atoms with Gasteiger partial charge in [-0.15, -0.1) is 11.3 Å². The first-order valence-electron chi connectivity index (χ1n) is 12.2. The van der Waals surface area contributed by atoms with Gasteiger partial charge in [0.05, 0.1) is 35.4 Å². The number of hydrogen-bond acceptors (Lipinski definition) is 5. The lowest BCUT2D eigenvalue weighted by Gasteiger charge is -2.27. The van der Waals surface area contributed by atoms with Crippen LogP contribution in [0.4, 0.5) is 4.39 Å². The summed E-state index contributed by atoms with van der Waals surface area (Å²) in [6.45, 7) is 5.94. The number of nitrogens with zero attached hydrogens (tertiary/aromatic N) is 2. The van der Waals surface area contributed by atoms with Gasteiger partial charge in [-0.05, 0) is 92.6 Å². The third kappa shape index (κ3) is 5.26. The Morgan fingerprint density at radius 2 is 1.82 bits per heavy atom. The van der Waals surface area contributed by atoms with Crippen molar-refractivity contribution in [3.63, 3.8) is 0 Å². The summed E-state index contributed by atoms with van der Waals surface area (Å²) in [5.74, 6) is 0.907. The van der Waals surface area contributed by atoms with E-state index < -0.39 is 6.10 Å². The Bertz CT molecular complexity index is 1570. The van der Waals surface area contributed by atoms with Crippen LogP contribution in [0.2, 0.25) is 0 Å². The number of carbonyl (C=O) groups is 1. The topological polar surface area (TPSA) is 65.4 Å². The molecule has 6 nitrogen and oxygen atoms in total. The van der Waals surface area contributed by atoms with Crippen LogP contribution in [0.15, 0.2) is 79.0 Å². The quantitative estimate of drug-likeness (QED) is 0.240. The third-order valence-corrected chi connectivity index (χ3v) is 7.65. The highest BCUT2D eigenvalue weighted by molar-refractivity contribution is 7.14. The number of carbonyl (C=O) groups excluding carboxylic acids is 1. The van der Waals surface area contributed by atoms with Crippen molar-refractivity contribution in [2.45, 2.75) is 32.9 Å². The maximum atomic E-state index is 13.4. The van der Waals surface area contributed by atoms with Crippen molar-refractivity contribution in [1.29, 1.82) is 0 Å². The Morgan fingerprint density at radius 1 is 1.03 bits per heavy atom. The second-order valence-corrected chi connectivity index (χ2v) is 10.4. The maximum absolute atomic E-state index is 13.4. The second kappa shape index (κ2) is 10.7. The van der Waals surface area contributed by atoms with Gasteiger partial charge >= 0.3 is 0 Å². The molecule has 0 aliphatic heterocycles. The molecule has 2 aromatic heterocycles. The zero-order valence-electron chi connectivity index (χ0n) is 21.6. The molecule has 2 atom stereocenters. The van der Waals surface area contributed by atoms with Crippen LogP contribution in [0.25, 0.3) is 16.6 Å². The van der Waals surface area contributed by atoms with Crippen molar-refractivity contribution in [1.82, 2.24) is 15.1 Å². The number of benzene rings is 3. The molecule has 5 aromatic rings. The van der Waals surface area contributed by atoms with Crippen LogP contribution < -0.4 is 14.8 Å². The van der Waals surface area contributed by atoms with Gasteiger partial charge in [-0.3, -0.25) is 4.79 Å². The number of aromatic nitrogens is 2. The molecule has 2 heterocycles. The molecule has 0 saturated heterocycles. The summed E-state index contributed by atoms with van der Waals surface area (Å²) in [5, 5.41) is 8.47. The first kappa shape index (κ1) is 25.5. The van der Waals surface area contributed by atoms with E-state index in [0.717, 1.165) is 32.6 Å². The maximum Gasteiger partial charge on any atom is 0.261 e. The first-order chi connectivity index (χ1) is 18.3. The molecule has 0 bridgehead atoms. The van der Waals surface area contributed by atoms with Gasteiger partial charge in [0, 0.05) is 10.3 Å². The zero-order valence-corrected chi connectivity index (χ0v) is 22.4. The van der Waals surface area contributed by atoms with Crippen molar-refractivity contribution in [3.8, 4) is 17.2 Å². The summed E-state index contributed by atoms with van der Waals surface area (Å²) < 4.78 is 27.1. The predicted molar refractivity (Wildman–Crippen MR) is 148 cm³/mol. The molecule has 1 amide bonds. The molecular weight excluding hydrogens is 501 g/mol. The highest BCUT2D eigenvalue weighted by Gasteiger charge is 2.25. The number of ether oxygens (including phenoxy) is 2. The summed E-state index contributed by atoms with van der Waals surface area (Å²) in [5.41, 5.74) is 3.60. The van der Waals surface area contributed by atoms with Crippen LogP contribution in [0.1, 0.15) is 38.7 Å². The number of aryl methyl sites for hydroxylation is 2. The SMILES string of the molecule is COc1cccc(C(Oc2ccc3c(cnn3-c3ccc(F)cc3)c2)C(C)NC(=O)c2cc(C)c(C)s2)c1. The van der Waals surface area contributed by atoms with Gasteiger partial charge in [-0.1, -0.05) is 12.1 Å². The number of thiophene rings is 1. The van der Waals surface area contributed by atoms with Crippen molar-refractivity contribution >= 4 is 28.1 Å². The van der Waals surface area contributed by atoms with E-state index >= 15 is 0 Å². The van der Waals surface area contributed by atoms with Crippen LogP contribution in [-0.2, 0) is 0 Å². The Morgan fingerprint density at radius 3 is 2.53 bits per heavy atom. The van der Waals surface area contributed by atoms with Crippen LogP contribution in [0.5, 0.6) is 11.5 Å². The standard InChI is InChI=1S/C30H28FN3O3S/c1-18-14-28(38-20(18)3)30(35)33-19(2)29(21-6-5-7-25(15-21)36-4)37-26-12-13-27-22(16-26)17-32-34(27)24-10-8-23(31)9-11-24/h5-17,19,29H,1-4H3,(H,33,35). The molecule has 0 fully saturated rings. The average molecular weight is 530 g/mol. The summed E-state index contributed by atoms with van der Waals surface area (Å²) in [4.78, 5) is 14.8. The summed E-state index contributed by atoms with van der Waals surface area (Å²) in [6, 6.07) is 21.1. The lowest BCUT2D eigenvalue weighted by Crippen LogP contribution is -2.39. The van der Waals surface area contributed by atoms with Gasteiger partial charge in [0.15, 0.2) is 0 Å². The fraction of sp³-hybridized carbons (Fsp3) is 0.200. The fourth-order valence-corrected chi connectivity index (χ4v) is 5.27. The summed E-state index contributed by atoms with van der Waals surface area (Å²) >= 11 is 1.48. The van der Waals surface area contributed by atoms with E-state index in [0.29, 0.717) is 16.4 Å². The first-order valence-corrected chi connectivity index (χ1v) is 13.1. The van der Waals surface area contributed by atoms with E-state index in [1.807, 2.05) is 69.3 Å². The molecule has 1 N–H and O–H groups in total. The average Bonchev–Trinajstić information content (AvgIpc) is 3.50. The van der Waals surface area contributed by atoms with Crippen molar-refractivity contribution in [3.05, 3.63) is 106 Å².